The molecule has 0 aliphatic carbocycles. The van der Waals surface area contributed by atoms with E-state index < -0.39 is 16.0 Å². The normalized spacial score (nSPS) is 11.3. The topological polar surface area (TPSA) is 72.5 Å². The molecule has 1 N–H and O–H groups in total. The second-order valence-electron chi connectivity index (χ2n) is 5.66. The molecule has 0 saturated carbocycles. The van der Waals surface area contributed by atoms with Crippen LogP contribution >= 0.6 is 0 Å². The maximum atomic E-state index is 12.6. The smallest absolute Gasteiger partial charge is 0.338 e. The van der Waals surface area contributed by atoms with Crippen molar-refractivity contribution in [3.05, 3.63) is 71.8 Å². The molecule has 0 saturated heterocycles. The van der Waals surface area contributed by atoms with Crippen molar-refractivity contribution in [1.82, 2.24) is 0 Å². The molecule has 0 aliphatic rings. The van der Waals surface area contributed by atoms with E-state index in [0.717, 1.165) is 10.9 Å². The number of hydrogen-bond donors (Lipinski definition) is 1. The average Bonchev–Trinajstić information content (AvgIpc) is 2.60. The highest BCUT2D eigenvalue weighted by Gasteiger charge is 2.17. The SMILES string of the molecule is COC(=O)c1cc(NS(=O)(=O)c2ccc(C)cc2)cc2ccccc12. The molecular weight excluding hydrogens is 338 g/mol. The number of anilines is 1. The Balaban J connectivity index is 2.07. The number of carbonyl (C=O) groups is 1. The van der Waals surface area contributed by atoms with Crippen molar-refractivity contribution in [2.75, 3.05) is 11.8 Å². The lowest BCUT2D eigenvalue weighted by molar-refractivity contribution is 0.0603. The molecule has 0 atom stereocenters. The number of carbonyl (C=O) groups excluding carboxylic acids is 1. The Morgan fingerprint density at radius 3 is 2.36 bits per heavy atom. The van der Waals surface area contributed by atoms with Crippen LogP contribution in [0.15, 0.2) is 65.6 Å². The fourth-order valence-corrected chi connectivity index (χ4v) is 3.62. The number of benzene rings is 3. The maximum absolute atomic E-state index is 12.6. The monoisotopic (exact) mass is 355 g/mol. The number of ether oxygens (including phenoxy) is 1. The van der Waals surface area contributed by atoms with Crippen LogP contribution in [0.2, 0.25) is 0 Å². The summed E-state index contributed by atoms with van der Waals surface area (Å²) in [6.45, 7) is 1.88. The third kappa shape index (κ3) is 3.49. The minimum atomic E-state index is -3.75. The van der Waals surface area contributed by atoms with Gasteiger partial charge in [0.25, 0.3) is 10.0 Å². The number of aryl methyl sites for hydroxylation is 1. The third-order valence-electron chi connectivity index (χ3n) is 3.85. The highest BCUT2D eigenvalue weighted by atomic mass is 32.2. The van der Waals surface area contributed by atoms with Crippen molar-refractivity contribution in [3.63, 3.8) is 0 Å². The van der Waals surface area contributed by atoms with Crippen molar-refractivity contribution in [2.45, 2.75) is 11.8 Å². The minimum Gasteiger partial charge on any atom is -0.465 e. The quantitative estimate of drug-likeness (QED) is 0.724. The lowest BCUT2D eigenvalue weighted by Gasteiger charge is -2.12. The largest absolute Gasteiger partial charge is 0.465 e. The summed E-state index contributed by atoms with van der Waals surface area (Å²) in [4.78, 5) is 12.2. The molecule has 0 unspecified atom stereocenters. The van der Waals surface area contributed by atoms with E-state index >= 15 is 0 Å². The lowest BCUT2D eigenvalue weighted by Crippen LogP contribution is -2.13. The zero-order valence-electron chi connectivity index (χ0n) is 13.8. The van der Waals surface area contributed by atoms with Crippen LogP contribution in [0.25, 0.3) is 10.8 Å². The number of esters is 1. The predicted octanol–water partition coefficient (Wildman–Crippen LogP) is 3.74. The van der Waals surface area contributed by atoms with E-state index in [2.05, 4.69) is 4.72 Å². The molecule has 25 heavy (non-hydrogen) atoms. The zero-order valence-corrected chi connectivity index (χ0v) is 14.6. The Morgan fingerprint density at radius 1 is 1.00 bits per heavy atom. The molecule has 0 spiro atoms. The molecule has 0 aromatic heterocycles. The molecule has 0 fully saturated rings. The highest BCUT2D eigenvalue weighted by Crippen LogP contribution is 2.26. The first-order chi connectivity index (χ1) is 11.9. The number of fused-ring (bicyclic) bond motifs is 1. The Hall–Kier alpha value is -2.86. The summed E-state index contributed by atoms with van der Waals surface area (Å²) in [5.41, 5.74) is 1.58. The van der Waals surface area contributed by atoms with Crippen LogP contribution in [0.4, 0.5) is 5.69 Å². The van der Waals surface area contributed by atoms with E-state index in [1.165, 1.54) is 13.2 Å². The molecule has 3 rings (SSSR count). The summed E-state index contributed by atoms with van der Waals surface area (Å²) in [7, 11) is -2.46. The van der Waals surface area contributed by atoms with Gasteiger partial charge in [-0.2, -0.15) is 0 Å². The van der Waals surface area contributed by atoms with Gasteiger partial charge in [-0.15, -0.1) is 0 Å². The predicted molar refractivity (Wildman–Crippen MR) is 97.3 cm³/mol. The van der Waals surface area contributed by atoms with Gasteiger partial charge in [-0.3, -0.25) is 4.72 Å². The van der Waals surface area contributed by atoms with Crippen LogP contribution in [0, 0.1) is 6.92 Å². The van der Waals surface area contributed by atoms with Crippen molar-refractivity contribution < 1.29 is 17.9 Å². The maximum Gasteiger partial charge on any atom is 0.338 e. The molecule has 3 aromatic carbocycles. The molecule has 0 aliphatic heterocycles. The van der Waals surface area contributed by atoms with Crippen molar-refractivity contribution in [2.24, 2.45) is 0 Å². The van der Waals surface area contributed by atoms with Gasteiger partial charge in [-0.1, -0.05) is 42.0 Å². The standard InChI is InChI=1S/C19H17NO4S/c1-13-7-9-16(10-8-13)25(22,23)20-15-11-14-5-3-4-6-17(14)18(12-15)19(21)24-2/h3-12,20H,1-2H3. The van der Waals surface area contributed by atoms with E-state index in [4.69, 9.17) is 4.74 Å². The van der Waals surface area contributed by atoms with Gasteiger partial charge in [0.15, 0.2) is 0 Å². The van der Waals surface area contributed by atoms with Crippen LogP contribution in [0.3, 0.4) is 0 Å². The second-order valence-corrected chi connectivity index (χ2v) is 7.34. The van der Waals surface area contributed by atoms with E-state index in [9.17, 15) is 13.2 Å². The first kappa shape index (κ1) is 17.0. The molecular formula is C19H17NO4S. The molecule has 0 radical (unpaired) electrons. The molecule has 3 aromatic rings. The first-order valence-electron chi connectivity index (χ1n) is 7.61. The van der Waals surface area contributed by atoms with E-state index in [-0.39, 0.29) is 4.90 Å². The number of rotatable bonds is 4. The van der Waals surface area contributed by atoms with Crippen molar-refractivity contribution in [1.29, 1.82) is 0 Å². The van der Waals surface area contributed by atoms with Gasteiger partial charge in [0.05, 0.1) is 23.3 Å². The van der Waals surface area contributed by atoms with Crippen LogP contribution in [-0.4, -0.2) is 21.5 Å². The fraction of sp³-hybridized carbons (Fsp3) is 0.105. The minimum absolute atomic E-state index is 0.158. The molecule has 0 heterocycles. The summed E-state index contributed by atoms with van der Waals surface area (Å²) >= 11 is 0. The van der Waals surface area contributed by atoms with E-state index in [1.54, 1.807) is 36.4 Å². The number of nitrogens with one attached hydrogen (secondary N) is 1. The van der Waals surface area contributed by atoms with Crippen LogP contribution in [0.5, 0.6) is 0 Å². The number of hydrogen-bond acceptors (Lipinski definition) is 4. The molecule has 0 bridgehead atoms. The van der Waals surface area contributed by atoms with Gasteiger partial charge in [0.2, 0.25) is 0 Å². The molecule has 5 nitrogen and oxygen atoms in total. The lowest BCUT2D eigenvalue weighted by atomic mass is 10.0. The van der Waals surface area contributed by atoms with Gasteiger partial charge >= 0.3 is 5.97 Å². The van der Waals surface area contributed by atoms with Crippen molar-refractivity contribution in [3.8, 4) is 0 Å². The summed E-state index contributed by atoms with van der Waals surface area (Å²) in [6.07, 6.45) is 0. The number of sulfonamides is 1. The van der Waals surface area contributed by atoms with E-state index in [0.29, 0.717) is 16.6 Å². The van der Waals surface area contributed by atoms with E-state index in [1.807, 2.05) is 25.1 Å². The third-order valence-corrected chi connectivity index (χ3v) is 5.25. The molecule has 6 heteroatoms. The van der Waals surface area contributed by atoms with Gasteiger partial charge in [-0.25, -0.2) is 13.2 Å². The van der Waals surface area contributed by atoms with Crippen LogP contribution < -0.4 is 4.72 Å². The summed E-state index contributed by atoms with van der Waals surface area (Å²) in [5, 5.41) is 1.44. The van der Waals surface area contributed by atoms with Gasteiger partial charge in [0.1, 0.15) is 0 Å². The molecule has 0 amide bonds. The van der Waals surface area contributed by atoms with Gasteiger partial charge in [-0.05, 0) is 42.0 Å². The Kier molecular flexibility index (Phi) is 4.46. The summed E-state index contributed by atoms with van der Waals surface area (Å²) < 4.78 is 32.5. The summed E-state index contributed by atoms with van der Waals surface area (Å²) in [6, 6.07) is 17.0. The Morgan fingerprint density at radius 2 is 1.68 bits per heavy atom. The first-order valence-corrected chi connectivity index (χ1v) is 9.09. The number of methoxy groups -OCH3 is 1. The Labute approximate surface area is 146 Å². The second kappa shape index (κ2) is 6.57. The average molecular weight is 355 g/mol. The van der Waals surface area contributed by atoms with Crippen molar-refractivity contribution >= 4 is 32.5 Å². The van der Waals surface area contributed by atoms with Crippen LogP contribution in [0.1, 0.15) is 15.9 Å². The van der Waals surface area contributed by atoms with Gasteiger partial charge in [0, 0.05) is 0 Å². The Bertz CT molecular complexity index is 1040. The molecule has 128 valence electrons. The van der Waals surface area contributed by atoms with Crippen LogP contribution in [-0.2, 0) is 14.8 Å². The zero-order chi connectivity index (χ0) is 18.0. The summed E-state index contributed by atoms with van der Waals surface area (Å²) in [5.74, 6) is -0.521. The fourth-order valence-electron chi connectivity index (χ4n) is 2.58. The highest BCUT2D eigenvalue weighted by molar-refractivity contribution is 7.92. The van der Waals surface area contributed by atoms with Gasteiger partial charge < -0.3 is 4.74 Å².